The molecule has 0 saturated carbocycles. The lowest BCUT2D eigenvalue weighted by Crippen LogP contribution is -2.35. The second kappa shape index (κ2) is 11.5. The number of aryl methyl sites for hydroxylation is 1. The van der Waals surface area contributed by atoms with Crippen molar-refractivity contribution in [2.45, 2.75) is 33.7 Å². The minimum Gasteiger partial charge on any atom is -0.507 e. The normalized spacial score (nSPS) is 17.3. The summed E-state index contributed by atoms with van der Waals surface area (Å²) in [6.07, 6.45) is 0. The molecule has 8 nitrogen and oxygen atoms in total. The zero-order chi connectivity index (χ0) is 26.6. The number of phenols is 1. The number of benzene rings is 2. The Kier molecular flexibility index (Phi) is 8.63. The molecule has 8 heteroatoms. The Balaban J connectivity index is 2.12. The molecule has 2 aromatic rings. The molecule has 0 aromatic heterocycles. The van der Waals surface area contributed by atoms with Crippen LogP contribution in [0, 0.1) is 12.8 Å². The summed E-state index contributed by atoms with van der Waals surface area (Å²) in [5.41, 5.74) is 1.79. The van der Waals surface area contributed by atoms with Gasteiger partial charge >= 0.3 is 0 Å². The summed E-state index contributed by atoms with van der Waals surface area (Å²) in [7, 11) is 3.76. The number of ketones is 1. The first-order valence-corrected chi connectivity index (χ1v) is 12.2. The van der Waals surface area contributed by atoms with Crippen molar-refractivity contribution in [2.24, 2.45) is 5.92 Å². The van der Waals surface area contributed by atoms with Crippen LogP contribution in [0.2, 0.25) is 0 Å². The number of Topliss-reactive ketones (excluding diaryl/α,β-unsaturated/α-hetero) is 1. The van der Waals surface area contributed by atoms with Gasteiger partial charge in [-0.2, -0.15) is 0 Å². The summed E-state index contributed by atoms with van der Waals surface area (Å²) in [5.74, 6) is -0.418. The van der Waals surface area contributed by atoms with E-state index in [9.17, 15) is 19.8 Å². The molecule has 1 fully saturated rings. The van der Waals surface area contributed by atoms with Gasteiger partial charge in [0.05, 0.1) is 24.8 Å². The van der Waals surface area contributed by atoms with Crippen LogP contribution in [0.15, 0.2) is 42.0 Å². The fraction of sp³-hybridized carbons (Fsp3) is 0.429. The number of likely N-dealkylation sites (tertiary alicyclic amines) is 1. The number of aliphatic hydroxyl groups excluding tert-OH is 1. The zero-order valence-electron chi connectivity index (χ0n) is 21.9. The summed E-state index contributed by atoms with van der Waals surface area (Å²) in [6.45, 7) is 9.50. The van der Waals surface area contributed by atoms with E-state index in [1.165, 1.54) is 11.0 Å². The van der Waals surface area contributed by atoms with Gasteiger partial charge in [0.15, 0.2) is 11.5 Å². The van der Waals surface area contributed by atoms with Crippen molar-refractivity contribution in [3.63, 3.8) is 0 Å². The van der Waals surface area contributed by atoms with Crippen molar-refractivity contribution in [2.75, 3.05) is 40.4 Å². The first kappa shape index (κ1) is 27.1. The highest BCUT2D eigenvalue weighted by molar-refractivity contribution is 6.46. The van der Waals surface area contributed by atoms with Crippen LogP contribution in [0.1, 0.15) is 43.5 Å². The quantitative estimate of drug-likeness (QED) is 0.290. The number of carbonyl (C=O) groups excluding carboxylic acids is 2. The van der Waals surface area contributed by atoms with Crippen molar-refractivity contribution in [1.29, 1.82) is 0 Å². The standard InChI is InChI=1S/C28H36N2O6/c1-7-35-23-15-19(8-10-21(23)31)25-24(27(33)28(34)30(25)13-12-29(5)6)26(32)20-9-11-22(18(4)14-20)36-16-17(2)3/h8-11,14-15,17,25,31-32H,7,12-13,16H2,1-6H3/t25-/m0/s1. The predicted molar refractivity (Wildman–Crippen MR) is 138 cm³/mol. The Labute approximate surface area is 212 Å². The average Bonchev–Trinajstić information content (AvgIpc) is 3.07. The van der Waals surface area contributed by atoms with Gasteiger partial charge in [0.1, 0.15) is 11.5 Å². The Bertz CT molecular complexity index is 1150. The second-order valence-corrected chi connectivity index (χ2v) is 9.64. The third-order valence-corrected chi connectivity index (χ3v) is 5.95. The van der Waals surface area contributed by atoms with E-state index in [4.69, 9.17) is 9.47 Å². The van der Waals surface area contributed by atoms with E-state index < -0.39 is 17.7 Å². The number of carbonyl (C=O) groups is 2. The van der Waals surface area contributed by atoms with Crippen LogP contribution in [-0.2, 0) is 9.59 Å². The molecule has 1 atom stereocenters. The number of aromatic hydroxyl groups is 1. The monoisotopic (exact) mass is 496 g/mol. The van der Waals surface area contributed by atoms with Crippen LogP contribution in [0.4, 0.5) is 0 Å². The van der Waals surface area contributed by atoms with Crippen LogP contribution in [0.25, 0.3) is 5.76 Å². The number of rotatable bonds is 10. The van der Waals surface area contributed by atoms with Crippen LogP contribution < -0.4 is 9.47 Å². The van der Waals surface area contributed by atoms with Crippen molar-refractivity contribution in [3.05, 3.63) is 58.7 Å². The first-order chi connectivity index (χ1) is 17.0. The zero-order valence-corrected chi connectivity index (χ0v) is 21.9. The Morgan fingerprint density at radius 1 is 1.08 bits per heavy atom. The molecular weight excluding hydrogens is 460 g/mol. The lowest BCUT2D eigenvalue weighted by molar-refractivity contribution is -0.140. The van der Waals surface area contributed by atoms with Gasteiger partial charge in [-0.1, -0.05) is 19.9 Å². The SMILES string of the molecule is CCOc1cc([C@H]2C(=C(O)c3ccc(OCC(C)C)c(C)c3)C(=O)C(=O)N2CCN(C)C)ccc1O. The van der Waals surface area contributed by atoms with Crippen LogP contribution in [0.5, 0.6) is 17.2 Å². The van der Waals surface area contributed by atoms with E-state index in [1.54, 1.807) is 37.3 Å². The van der Waals surface area contributed by atoms with Crippen molar-refractivity contribution < 1.29 is 29.3 Å². The molecule has 36 heavy (non-hydrogen) atoms. The summed E-state index contributed by atoms with van der Waals surface area (Å²) < 4.78 is 11.4. The summed E-state index contributed by atoms with van der Waals surface area (Å²) in [4.78, 5) is 29.7. The number of ether oxygens (including phenoxy) is 2. The molecule has 2 N–H and O–H groups in total. The largest absolute Gasteiger partial charge is 0.507 e. The highest BCUT2D eigenvalue weighted by atomic mass is 16.5. The lowest BCUT2D eigenvalue weighted by Gasteiger charge is -2.27. The van der Waals surface area contributed by atoms with E-state index in [2.05, 4.69) is 13.8 Å². The summed E-state index contributed by atoms with van der Waals surface area (Å²) >= 11 is 0. The van der Waals surface area contributed by atoms with Crippen LogP contribution in [-0.4, -0.2) is 72.1 Å². The number of phenolic OH excluding ortho intramolecular Hbond substituents is 1. The van der Waals surface area contributed by atoms with E-state index in [1.807, 2.05) is 25.9 Å². The average molecular weight is 497 g/mol. The summed E-state index contributed by atoms with van der Waals surface area (Å²) in [6, 6.07) is 9.08. The van der Waals surface area contributed by atoms with Gasteiger partial charge in [-0.05, 0) is 75.3 Å². The van der Waals surface area contributed by atoms with Gasteiger partial charge in [-0.25, -0.2) is 0 Å². The topological polar surface area (TPSA) is 99.5 Å². The molecule has 3 rings (SSSR count). The maximum absolute atomic E-state index is 13.2. The van der Waals surface area contributed by atoms with Crippen molar-refractivity contribution in [1.82, 2.24) is 9.80 Å². The highest BCUT2D eigenvalue weighted by Gasteiger charge is 2.46. The molecule has 0 aliphatic carbocycles. The Morgan fingerprint density at radius 2 is 1.81 bits per heavy atom. The molecule has 1 saturated heterocycles. The molecule has 1 aliphatic heterocycles. The minimum absolute atomic E-state index is 0.00198. The molecule has 194 valence electrons. The molecule has 0 unspecified atom stereocenters. The molecule has 1 aliphatic rings. The molecular formula is C28H36N2O6. The third kappa shape index (κ3) is 5.82. The van der Waals surface area contributed by atoms with E-state index in [0.29, 0.717) is 42.6 Å². The maximum Gasteiger partial charge on any atom is 0.295 e. The maximum atomic E-state index is 13.2. The molecule has 1 heterocycles. The van der Waals surface area contributed by atoms with E-state index >= 15 is 0 Å². The number of likely N-dealkylation sites (N-methyl/N-ethyl adjacent to an activating group) is 1. The smallest absolute Gasteiger partial charge is 0.295 e. The molecule has 0 radical (unpaired) electrons. The number of aliphatic hydroxyl groups is 1. The third-order valence-electron chi connectivity index (χ3n) is 5.95. The highest BCUT2D eigenvalue weighted by Crippen LogP contribution is 2.42. The van der Waals surface area contributed by atoms with Gasteiger partial charge in [0.25, 0.3) is 11.7 Å². The Morgan fingerprint density at radius 3 is 2.42 bits per heavy atom. The number of amides is 1. The van der Waals surface area contributed by atoms with Gasteiger partial charge < -0.3 is 29.5 Å². The molecule has 1 amide bonds. The molecule has 0 bridgehead atoms. The van der Waals surface area contributed by atoms with Gasteiger partial charge in [0, 0.05) is 18.7 Å². The van der Waals surface area contributed by atoms with Crippen molar-refractivity contribution in [3.8, 4) is 17.2 Å². The Hall–Kier alpha value is -3.52. The van der Waals surface area contributed by atoms with Crippen LogP contribution in [0.3, 0.4) is 0 Å². The number of nitrogens with zero attached hydrogens (tertiary/aromatic N) is 2. The van der Waals surface area contributed by atoms with E-state index in [-0.39, 0.29) is 29.4 Å². The second-order valence-electron chi connectivity index (χ2n) is 9.64. The predicted octanol–water partition coefficient (Wildman–Crippen LogP) is 4.12. The fourth-order valence-corrected chi connectivity index (χ4v) is 4.11. The van der Waals surface area contributed by atoms with Crippen LogP contribution >= 0.6 is 0 Å². The summed E-state index contributed by atoms with van der Waals surface area (Å²) in [5, 5.41) is 21.5. The molecule has 0 spiro atoms. The lowest BCUT2D eigenvalue weighted by atomic mass is 9.94. The van der Waals surface area contributed by atoms with Crippen molar-refractivity contribution >= 4 is 17.4 Å². The van der Waals surface area contributed by atoms with Gasteiger partial charge in [-0.3, -0.25) is 9.59 Å². The molecule has 2 aromatic carbocycles. The minimum atomic E-state index is -0.832. The van der Waals surface area contributed by atoms with E-state index in [0.717, 1.165) is 5.56 Å². The first-order valence-electron chi connectivity index (χ1n) is 12.2. The number of hydrogen-bond donors (Lipinski definition) is 2. The van der Waals surface area contributed by atoms with Gasteiger partial charge in [-0.15, -0.1) is 0 Å². The van der Waals surface area contributed by atoms with Gasteiger partial charge in [0.2, 0.25) is 0 Å². The number of hydrogen-bond acceptors (Lipinski definition) is 7. The fourth-order valence-electron chi connectivity index (χ4n) is 4.11.